The molecule has 0 amide bonds. The first-order valence-corrected chi connectivity index (χ1v) is 4.59. The van der Waals surface area contributed by atoms with Gasteiger partial charge in [-0.05, 0) is 12.5 Å². The standard InChI is InChI=1S/C12H9N3/c1-9-2-4-10(5-3-9)11-7-14-12(6-13)15-8-11/h2-5,7-8H,1H3. The molecule has 0 aliphatic heterocycles. The number of nitrogens with zero attached hydrogens (tertiary/aromatic N) is 3. The second kappa shape index (κ2) is 3.89. The Balaban J connectivity index is 2.38. The van der Waals surface area contributed by atoms with Crippen LogP contribution in [0.15, 0.2) is 36.7 Å². The van der Waals surface area contributed by atoms with E-state index in [-0.39, 0.29) is 5.82 Å². The third-order valence-electron chi connectivity index (χ3n) is 2.14. The van der Waals surface area contributed by atoms with Gasteiger partial charge in [-0.3, -0.25) is 0 Å². The van der Waals surface area contributed by atoms with E-state index in [1.165, 1.54) is 5.56 Å². The quantitative estimate of drug-likeness (QED) is 0.701. The molecule has 1 aromatic heterocycles. The lowest BCUT2D eigenvalue weighted by Crippen LogP contribution is -1.88. The van der Waals surface area contributed by atoms with Crippen LogP contribution in [0.5, 0.6) is 0 Å². The number of aromatic nitrogens is 2. The summed E-state index contributed by atoms with van der Waals surface area (Å²) in [4.78, 5) is 7.85. The Morgan fingerprint density at radius 1 is 1.00 bits per heavy atom. The summed E-state index contributed by atoms with van der Waals surface area (Å²) in [6.45, 7) is 2.04. The van der Waals surface area contributed by atoms with Crippen molar-refractivity contribution in [1.29, 1.82) is 5.26 Å². The van der Waals surface area contributed by atoms with Gasteiger partial charge < -0.3 is 0 Å². The van der Waals surface area contributed by atoms with E-state index in [9.17, 15) is 0 Å². The fraction of sp³-hybridized carbons (Fsp3) is 0.0833. The molecule has 2 rings (SSSR count). The molecule has 0 bridgehead atoms. The maximum Gasteiger partial charge on any atom is 0.232 e. The molecule has 0 saturated carbocycles. The SMILES string of the molecule is Cc1ccc(-c2cnc(C#N)nc2)cc1. The zero-order chi connectivity index (χ0) is 10.7. The minimum absolute atomic E-state index is 0.200. The molecule has 3 heteroatoms. The van der Waals surface area contributed by atoms with Crippen LogP contribution in [0.4, 0.5) is 0 Å². The van der Waals surface area contributed by atoms with Crippen molar-refractivity contribution in [2.24, 2.45) is 0 Å². The zero-order valence-electron chi connectivity index (χ0n) is 8.31. The Bertz CT molecular complexity index is 492. The molecular weight excluding hydrogens is 186 g/mol. The van der Waals surface area contributed by atoms with Crippen molar-refractivity contribution in [3.63, 3.8) is 0 Å². The van der Waals surface area contributed by atoms with E-state index in [1.54, 1.807) is 12.4 Å². The molecule has 0 atom stereocenters. The fourth-order valence-corrected chi connectivity index (χ4v) is 1.28. The summed E-state index contributed by atoms with van der Waals surface area (Å²) in [7, 11) is 0. The Morgan fingerprint density at radius 3 is 2.13 bits per heavy atom. The first-order valence-electron chi connectivity index (χ1n) is 4.59. The molecule has 15 heavy (non-hydrogen) atoms. The smallest absolute Gasteiger partial charge is 0.227 e. The van der Waals surface area contributed by atoms with Crippen molar-refractivity contribution >= 4 is 0 Å². The Kier molecular flexibility index (Phi) is 2.42. The van der Waals surface area contributed by atoms with E-state index in [0.29, 0.717) is 0 Å². The number of hydrogen-bond acceptors (Lipinski definition) is 3. The molecule has 0 saturated heterocycles. The van der Waals surface area contributed by atoms with Crippen molar-refractivity contribution in [2.75, 3.05) is 0 Å². The maximum absolute atomic E-state index is 8.56. The number of hydrogen-bond donors (Lipinski definition) is 0. The minimum Gasteiger partial charge on any atom is -0.227 e. The number of aryl methyl sites for hydroxylation is 1. The molecule has 72 valence electrons. The molecule has 2 aromatic rings. The average molecular weight is 195 g/mol. The third kappa shape index (κ3) is 2.00. The first-order chi connectivity index (χ1) is 7.29. The summed E-state index contributed by atoms with van der Waals surface area (Å²) in [6.07, 6.45) is 3.33. The Hall–Kier alpha value is -2.21. The summed E-state index contributed by atoms with van der Waals surface area (Å²) < 4.78 is 0. The fourth-order valence-electron chi connectivity index (χ4n) is 1.28. The van der Waals surface area contributed by atoms with Crippen LogP contribution in [0.2, 0.25) is 0 Å². The van der Waals surface area contributed by atoms with E-state index in [1.807, 2.05) is 37.3 Å². The van der Waals surface area contributed by atoms with E-state index in [2.05, 4.69) is 9.97 Å². The first kappa shape index (κ1) is 9.35. The molecule has 0 unspecified atom stereocenters. The van der Waals surface area contributed by atoms with Gasteiger partial charge in [0.05, 0.1) is 0 Å². The largest absolute Gasteiger partial charge is 0.232 e. The zero-order valence-corrected chi connectivity index (χ0v) is 8.31. The monoisotopic (exact) mass is 195 g/mol. The van der Waals surface area contributed by atoms with Gasteiger partial charge in [-0.1, -0.05) is 29.8 Å². The van der Waals surface area contributed by atoms with Crippen molar-refractivity contribution in [1.82, 2.24) is 9.97 Å². The number of rotatable bonds is 1. The molecule has 1 aromatic carbocycles. The minimum atomic E-state index is 0.200. The highest BCUT2D eigenvalue weighted by Gasteiger charge is 1.99. The molecule has 0 aliphatic rings. The van der Waals surface area contributed by atoms with Gasteiger partial charge in [0.25, 0.3) is 0 Å². The van der Waals surface area contributed by atoms with E-state index in [4.69, 9.17) is 5.26 Å². The van der Waals surface area contributed by atoms with Gasteiger partial charge in [0, 0.05) is 18.0 Å². The highest BCUT2D eigenvalue weighted by molar-refractivity contribution is 5.61. The average Bonchev–Trinajstić information content (AvgIpc) is 2.30. The van der Waals surface area contributed by atoms with Gasteiger partial charge in [-0.25, -0.2) is 9.97 Å². The van der Waals surface area contributed by atoms with Crippen LogP contribution in [-0.4, -0.2) is 9.97 Å². The summed E-state index contributed by atoms with van der Waals surface area (Å²) in [5.41, 5.74) is 3.20. The Morgan fingerprint density at radius 2 is 1.60 bits per heavy atom. The van der Waals surface area contributed by atoms with Crippen LogP contribution >= 0.6 is 0 Å². The second-order valence-corrected chi connectivity index (χ2v) is 3.27. The summed E-state index contributed by atoms with van der Waals surface area (Å²) in [6, 6.07) is 9.99. The summed E-state index contributed by atoms with van der Waals surface area (Å²) in [5.74, 6) is 0.200. The molecule has 3 nitrogen and oxygen atoms in total. The van der Waals surface area contributed by atoms with E-state index in [0.717, 1.165) is 11.1 Å². The van der Waals surface area contributed by atoms with Gasteiger partial charge >= 0.3 is 0 Å². The van der Waals surface area contributed by atoms with Gasteiger partial charge in [0.1, 0.15) is 6.07 Å². The molecule has 0 fully saturated rings. The van der Waals surface area contributed by atoms with Gasteiger partial charge in [0.2, 0.25) is 5.82 Å². The normalized spacial score (nSPS) is 9.60. The van der Waals surface area contributed by atoms with Crippen LogP contribution in [-0.2, 0) is 0 Å². The predicted octanol–water partition coefficient (Wildman–Crippen LogP) is 2.32. The number of benzene rings is 1. The van der Waals surface area contributed by atoms with Crippen LogP contribution in [0.1, 0.15) is 11.4 Å². The molecule has 0 N–H and O–H groups in total. The van der Waals surface area contributed by atoms with Gasteiger partial charge in [-0.2, -0.15) is 5.26 Å². The van der Waals surface area contributed by atoms with Crippen molar-refractivity contribution in [3.05, 3.63) is 48.0 Å². The lowest BCUT2D eigenvalue weighted by molar-refractivity contribution is 1.12. The van der Waals surface area contributed by atoms with Crippen LogP contribution < -0.4 is 0 Å². The van der Waals surface area contributed by atoms with Gasteiger partial charge in [0.15, 0.2) is 0 Å². The second-order valence-electron chi connectivity index (χ2n) is 3.27. The van der Waals surface area contributed by atoms with Crippen molar-refractivity contribution in [2.45, 2.75) is 6.92 Å². The highest BCUT2D eigenvalue weighted by atomic mass is 14.9. The predicted molar refractivity (Wildman–Crippen MR) is 56.9 cm³/mol. The molecule has 0 spiro atoms. The highest BCUT2D eigenvalue weighted by Crippen LogP contribution is 2.17. The maximum atomic E-state index is 8.56. The molecule has 0 radical (unpaired) electrons. The van der Waals surface area contributed by atoms with E-state index >= 15 is 0 Å². The van der Waals surface area contributed by atoms with Crippen molar-refractivity contribution in [3.8, 4) is 17.2 Å². The lowest BCUT2D eigenvalue weighted by Gasteiger charge is -2.00. The van der Waals surface area contributed by atoms with Gasteiger partial charge in [-0.15, -0.1) is 0 Å². The third-order valence-corrected chi connectivity index (χ3v) is 2.14. The topological polar surface area (TPSA) is 49.6 Å². The number of nitriles is 1. The lowest BCUT2D eigenvalue weighted by atomic mass is 10.1. The van der Waals surface area contributed by atoms with Crippen LogP contribution in [0, 0.1) is 18.3 Å². The summed E-state index contributed by atoms with van der Waals surface area (Å²) in [5, 5.41) is 8.56. The van der Waals surface area contributed by atoms with Crippen LogP contribution in [0.25, 0.3) is 11.1 Å². The van der Waals surface area contributed by atoms with Crippen LogP contribution in [0.3, 0.4) is 0 Å². The molecular formula is C12H9N3. The van der Waals surface area contributed by atoms with Crippen molar-refractivity contribution < 1.29 is 0 Å². The Labute approximate surface area is 88.1 Å². The molecule has 1 heterocycles. The summed E-state index contributed by atoms with van der Waals surface area (Å²) >= 11 is 0. The van der Waals surface area contributed by atoms with E-state index < -0.39 is 0 Å². The molecule has 0 aliphatic carbocycles.